The number of thiazole rings is 1. The van der Waals surface area contributed by atoms with Gasteiger partial charge in [0.05, 0.1) is 10.7 Å². The molecule has 0 atom stereocenters. The number of nitrogens with zero attached hydrogens (tertiary/aromatic N) is 3. The third kappa shape index (κ3) is 5.62. The maximum absolute atomic E-state index is 11.1. The molecule has 3 heterocycles. The van der Waals surface area contributed by atoms with E-state index in [0.29, 0.717) is 13.0 Å². The Hall–Kier alpha value is -3.85. The largest absolute Gasteiger partial charge is 0.481 e. The molecule has 0 amide bonds. The number of benzene rings is 3. The molecule has 1 aromatic heterocycles. The van der Waals surface area contributed by atoms with E-state index in [4.69, 9.17) is 10.8 Å². The molecule has 2 aliphatic rings. The smallest absolute Gasteiger partial charge is 0.303 e. The highest BCUT2D eigenvalue weighted by atomic mass is 32.2. The lowest BCUT2D eigenvalue weighted by Crippen LogP contribution is -2.29. The zero-order chi connectivity index (χ0) is 29.2. The molecule has 6 nitrogen and oxygen atoms in total. The lowest BCUT2D eigenvalue weighted by Gasteiger charge is -2.33. The number of nitrogens with two attached hydrogens (primary N) is 1. The van der Waals surface area contributed by atoms with Crippen LogP contribution >= 0.6 is 23.1 Å². The van der Waals surface area contributed by atoms with Crippen molar-refractivity contribution in [2.24, 2.45) is 12.8 Å². The zero-order valence-electron chi connectivity index (χ0n) is 23.9. The number of hydrogen-bond acceptors (Lipinski definition) is 6. The first kappa shape index (κ1) is 28.3. The Bertz CT molecular complexity index is 1750. The molecule has 0 saturated carbocycles. The average molecular weight is 596 g/mol. The Labute approximate surface area is 255 Å². The van der Waals surface area contributed by atoms with E-state index in [0.717, 1.165) is 35.7 Å². The summed E-state index contributed by atoms with van der Waals surface area (Å²) in [7, 11) is 4.25. The molecule has 3 aromatic carbocycles. The van der Waals surface area contributed by atoms with E-state index in [1.54, 1.807) is 23.1 Å². The molecule has 8 heteroatoms. The molecule has 6 rings (SSSR count). The van der Waals surface area contributed by atoms with Gasteiger partial charge in [-0.1, -0.05) is 65.9 Å². The molecule has 0 fully saturated rings. The van der Waals surface area contributed by atoms with Crippen LogP contribution in [-0.2, 0) is 18.4 Å². The number of carboxylic acid groups (broad SMARTS) is 1. The number of para-hydroxylation sites is 2. The predicted octanol–water partition coefficient (Wildman–Crippen LogP) is 7.16. The van der Waals surface area contributed by atoms with Gasteiger partial charge in [-0.3, -0.25) is 4.79 Å². The number of rotatable bonds is 9. The molecule has 0 spiro atoms. The van der Waals surface area contributed by atoms with E-state index >= 15 is 0 Å². The lowest BCUT2D eigenvalue weighted by molar-refractivity contribution is -0.642. The van der Waals surface area contributed by atoms with Gasteiger partial charge in [-0.05, 0) is 60.4 Å². The predicted molar refractivity (Wildman–Crippen MR) is 176 cm³/mol. The van der Waals surface area contributed by atoms with Crippen molar-refractivity contribution >= 4 is 62.3 Å². The molecule has 4 aromatic rings. The second-order valence-electron chi connectivity index (χ2n) is 10.7. The van der Waals surface area contributed by atoms with E-state index < -0.39 is 5.97 Å². The summed E-state index contributed by atoms with van der Waals surface area (Å²) in [5.41, 5.74) is 14.2. The number of aliphatic carboxylic acids is 1. The highest BCUT2D eigenvalue weighted by Gasteiger charge is 2.27. The summed E-state index contributed by atoms with van der Waals surface area (Å²) >= 11 is 3.58. The fourth-order valence-electron chi connectivity index (χ4n) is 5.60. The van der Waals surface area contributed by atoms with Gasteiger partial charge < -0.3 is 20.6 Å². The number of aryl methyl sites for hydroxylation is 1. The van der Waals surface area contributed by atoms with Gasteiger partial charge in [-0.15, -0.1) is 0 Å². The van der Waals surface area contributed by atoms with Crippen molar-refractivity contribution in [3.8, 4) is 0 Å². The van der Waals surface area contributed by atoms with Crippen LogP contribution in [0.5, 0.6) is 0 Å². The minimum atomic E-state index is -0.730. The van der Waals surface area contributed by atoms with Crippen LogP contribution in [0.2, 0.25) is 0 Å². The standard InChI is InChI=1S/C34H34N4O2S2/c1-36-28-12-7-8-13-30(28)41-32(36)20-24-19-25(21-33-37(2)29-16-15-23(22-35)18-31(29)42-33)38(17-9-3-4-14-34(39)40)27-11-6-5-10-26(24)27/h5-8,10-13,15-16,18-21H,3-4,9,14,17,22,35H2,1-2H3/p+1. The van der Waals surface area contributed by atoms with Crippen molar-refractivity contribution in [2.75, 3.05) is 23.4 Å². The molecule has 3 N–H and O–H groups in total. The lowest BCUT2D eigenvalue weighted by atomic mass is 9.96. The number of allylic oxidation sites excluding steroid dienone is 3. The molecule has 0 aliphatic carbocycles. The zero-order valence-corrected chi connectivity index (χ0v) is 25.5. The number of anilines is 2. The van der Waals surface area contributed by atoms with E-state index in [9.17, 15) is 4.79 Å². The van der Waals surface area contributed by atoms with Gasteiger partial charge in [0.1, 0.15) is 11.7 Å². The van der Waals surface area contributed by atoms with Crippen LogP contribution in [0.25, 0.3) is 21.9 Å². The van der Waals surface area contributed by atoms with Crippen LogP contribution in [0, 0.1) is 0 Å². The van der Waals surface area contributed by atoms with E-state index in [-0.39, 0.29) is 6.42 Å². The van der Waals surface area contributed by atoms with Gasteiger partial charge in [0.15, 0.2) is 0 Å². The average Bonchev–Trinajstić information content (AvgIpc) is 3.48. The first-order valence-corrected chi connectivity index (χ1v) is 15.9. The van der Waals surface area contributed by atoms with Crippen LogP contribution in [0.4, 0.5) is 11.4 Å². The molecule has 0 saturated heterocycles. The van der Waals surface area contributed by atoms with Crippen LogP contribution in [0.3, 0.4) is 0 Å². The first-order valence-electron chi connectivity index (χ1n) is 14.3. The Morgan fingerprint density at radius 3 is 2.62 bits per heavy atom. The number of carboxylic acids is 1. The summed E-state index contributed by atoms with van der Waals surface area (Å²) in [5, 5.41) is 11.4. The molecule has 42 heavy (non-hydrogen) atoms. The monoisotopic (exact) mass is 595 g/mol. The van der Waals surface area contributed by atoms with Crippen LogP contribution < -0.4 is 20.1 Å². The number of unbranched alkanes of at least 4 members (excludes halogenated alkanes) is 2. The normalized spacial score (nSPS) is 16.3. The minimum Gasteiger partial charge on any atom is -0.481 e. The number of hydrogen-bond donors (Lipinski definition) is 2. The van der Waals surface area contributed by atoms with Gasteiger partial charge in [0.25, 0.3) is 5.01 Å². The summed E-state index contributed by atoms with van der Waals surface area (Å²) in [4.78, 5) is 16.9. The minimum absolute atomic E-state index is 0.215. The molecule has 0 bridgehead atoms. The SMILES string of the molecule is CN1/C(=C\C2=CC(=Cc3sc4ccccc4[n+]3C)c3ccccc3N2CCCCCC(=O)O)Sc2cc(CN)ccc21. The highest BCUT2D eigenvalue weighted by molar-refractivity contribution is 8.03. The van der Waals surface area contributed by atoms with Crippen LogP contribution in [0.15, 0.2) is 94.5 Å². The van der Waals surface area contributed by atoms with Crippen molar-refractivity contribution in [1.29, 1.82) is 0 Å². The van der Waals surface area contributed by atoms with Crippen molar-refractivity contribution < 1.29 is 14.5 Å². The van der Waals surface area contributed by atoms with Crippen molar-refractivity contribution in [3.63, 3.8) is 0 Å². The van der Waals surface area contributed by atoms with Crippen LogP contribution in [-0.4, -0.2) is 24.7 Å². The maximum Gasteiger partial charge on any atom is 0.303 e. The van der Waals surface area contributed by atoms with Gasteiger partial charge in [-0.2, -0.15) is 4.57 Å². The van der Waals surface area contributed by atoms with Gasteiger partial charge in [-0.25, -0.2) is 0 Å². The summed E-state index contributed by atoms with van der Waals surface area (Å²) in [6.07, 6.45) is 9.59. The quantitative estimate of drug-likeness (QED) is 0.158. The second kappa shape index (κ2) is 12.2. The second-order valence-corrected chi connectivity index (χ2v) is 12.8. The van der Waals surface area contributed by atoms with E-state index in [2.05, 4.69) is 113 Å². The number of aromatic nitrogens is 1. The van der Waals surface area contributed by atoms with Crippen molar-refractivity contribution in [1.82, 2.24) is 0 Å². The van der Waals surface area contributed by atoms with Gasteiger partial charge >= 0.3 is 5.97 Å². The molecule has 2 aliphatic heterocycles. The Morgan fingerprint density at radius 2 is 1.81 bits per heavy atom. The van der Waals surface area contributed by atoms with E-state index in [1.807, 2.05) is 0 Å². The summed E-state index contributed by atoms with van der Waals surface area (Å²) < 4.78 is 3.53. The summed E-state index contributed by atoms with van der Waals surface area (Å²) in [5.74, 6) is -0.730. The van der Waals surface area contributed by atoms with Crippen molar-refractivity contribution in [3.05, 3.63) is 106 Å². The van der Waals surface area contributed by atoms with Gasteiger partial charge in [0.2, 0.25) is 5.52 Å². The third-order valence-corrected chi connectivity index (χ3v) is 10.2. The Kier molecular flexibility index (Phi) is 8.20. The van der Waals surface area contributed by atoms with Crippen LogP contribution in [0.1, 0.15) is 41.8 Å². The molecule has 0 unspecified atom stereocenters. The number of fused-ring (bicyclic) bond motifs is 3. The molecule has 214 valence electrons. The summed E-state index contributed by atoms with van der Waals surface area (Å²) in [6, 6.07) is 23.6. The third-order valence-electron chi connectivity index (χ3n) is 7.88. The fourth-order valence-corrected chi connectivity index (χ4v) is 7.86. The van der Waals surface area contributed by atoms with E-state index in [1.165, 1.54) is 42.6 Å². The van der Waals surface area contributed by atoms with Gasteiger partial charge in [0, 0.05) is 60.5 Å². The summed E-state index contributed by atoms with van der Waals surface area (Å²) in [6.45, 7) is 1.34. The van der Waals surface area contributed by atoms with Crippen molar-refractivity contribution in [2.45, 2.75) is 37.1 Å². The molecule has 0 radical (unpaired) electrons. The Morgan fingerprint density at radius 1 is 1.00 bits per heavy atom. The fraction of sp³-hybridized carbons (Fsp3) is 0.235. The first-order chi connectivity index (χ1) is 20.4. The Balaban J connectivity index is 1.41. The molecular weight excluding hydrogens is 561 g/mol. The maximum atomic E-state index is 11.1. The topological polar surface area (TPSA) is 73.7 Å². The highest BCUT2D eigenvalue weighted by Crippen LogP contribution is 2.47. The number of carbonyl (C=O) groups is 1. The molecular formula is C34H35N4O2S2+. The number of thioether (sulfide) groups is 1.